The van der Waals surface area contributed by atoms with Gasteiger partial charge in [0.2, 0.25) is 0 Å². The zero-order valence-electron chi connectivity index (χ0n) is 12.5. The van der Waals surface area contributed by atoms with Gasteiger partial charge in [0.1, 0.15) is 0 Å². The van der Waals surface area contributed by atoms with Crippen LogP contribution in [0.4, 0.5) is 0 Å². The van der Waals surface area contributed by atoms with E-state index in [-0.39, 0.29) is 5.38 Å². The van der Waals surface area contributed by atoms with Gasteiger partial charge in [0, 0.05) is 6.42 Å². The van der Waals surface area contributed by atoms with E-state index in [0.717, 1.165) is 43.1 Å². The largest absolute Gasteiger partial charge is 0.490 e. The van der Waals surface area contributed by atoms with Crippen molar-refractivity contribution in [2.45, 2.75) is 51.3 Å². The van der Waals surface area contributed by atoms with Crippen LogP contribution in [0.3, 0.4) is 0 Å². The molecule has 0 fully saturated rings. The van der Waals surface area contributed by atoms with E-state index in [2.05, 4.69) is 26.0 Å². The van der Waals surface area contributed by atoms with Crippen LogP contribution in [0, 0.1) is 5.92 Å². The summed E-state index contributed by atoms with van der Waals surface area (Å²) in [6, 6.07) is 6.14. The van der Waals surface area contributed by atoms with Crippen molar-refractivity contribution in [1.82, 2.24) is 0 Å². The minimum absolute atomic E-state index is 0.0590. The van der Waals surface area contributed by atoms with Crippen LogP contribution in [0.1, 0.15) is 56.9 Å². The van der Waals surface area contributed by atoms with E-state index in [9.17, 15) is 0 Å². The normalized spacial score (nSPS) is 17.4. The summed E-state index contributed by atoms with van der Waals surface area (Å²) in [6.07, 6.45) is 5.70. The van der Waals surface area contributed by atoms with Crippen LogP contribution in [0.5, 0.6) is 11.5 Å². The van der Waals surface area contributed by atoms with Crippen molar-refractivity contribution in [3.63, 3.8) is 0 Å². The maximum atomic E-state index is 6.70. The Labute approximate surface area is 127 Å². The number of rotatable bonds is 6. The van der Waals surface area contributed by atoms with E-state index >= 15 is 0 Å². The third kappa shape index (κ3) is 3.82. The summed E-state index contributed by atoms with van der Waals surface area (Å²) >= 11 is 6.70. The molecule has 2 unspecified atom stereocenters. The minimum atomic E-state index is 0.0590. The topological polar surface area (TPSA) is 18.5 Å². The number of fused-ring (bicyclic) bond motifs is 1. The highest BCUT2D eigenvalue weighted by atomic mass is 35.5. The van der Waals surface area contributed by atoms with Gasteiger partial charge in [0.05, 0.1) is 18.6 Å². The maximum Gasteiger partial charge on any atom is 0.161 e. The van der Waals surface area contributed by atoms with E-state index in [1.807, 2.05) is 6.07 Å². The van der Waals surface area contributed by atoms with Gasteiger partial charge in [-0.15, -0.1) is 11.6 Å². The Morgan fingerprint density at radius 3 is 2.60 bits per heavy atom. The van der Waals surface area contributed by atoms with Crippen LogP contribution in [0.25, 0.3) is 0 Å². The smallest absolute Gasteiger partial charge is 0.161 e. The van der Waals surface area contributed by atoms with Gasteiger partial charge in [0.25, 0.3) is 0 Å². The number of alkyl halides is 1. The highest BCUT2D eigenvalue weighted by Crippen LogP contribution is 2.39. The predicted molar refractivity (Wildman–Crippen MR) is 83.9 cm³/mol. The average Bonchev–Trinajstić information content (AvgIpc) is 2.72. The van der Waals surface area contributed by atoms with Gasteiger partial charge in [-0.05, 0) is 30.0 Å². The van der Waals surface area contributed by atoms with Crippen molar-refractivity contribution >= 4 is 11.6 Å². The number of hydrogen-bond donors (Lipinski definition) is 0. The number of unbranched alkanes of at least 4 members (excludes halogenated alkanes) is 1. The van der Waals surface area contributed by atoms with Gasteiger partial charge in [0.15, 0.2) is 11.5 Å². The number of benzene rings is 1. The molecule has 1 aromatic rings. The van der Waals surface area contributed by atoms with Crippen LogP contribution in [0.2, 0.25) is 0 Å². The van der Waals surface area contributed by atoms with Crippen LogP contribution < -0.4 is 9.47 Å². The molecule has 0 bridgehead atoms. The second kappa shape index (κ2) is 7.78. The quantitative estimate of drug-likeness (QED) is 0.659. The molecule has 0 amide bonds. The van der Waals surface area contributed by atoms with Crippen LogP contribution >= 0.6 is 11.6 Å². The van der Waals surface area contributed by atoms with Crippen LogP contribution in [-0.4, -0.2) is 13.2 Å². The van der Waals surface area contributed by atoms with Crippen molar-refractivity contribution in [3.8, 4) is 11.5 Å². The Morgan fingerprint density at radius 1 is 1.15 bits per heavy atom. The van der Waals surface area contributed by atoms with E-state index in [1.54, 1.807) is 0 Å². The summed E-state index contributed by atoms with van der Waals surface area (Å²) in [5, 5.41) is 0.0590. The van der Waals surface area contributed by atoms with Crippen molar-refractivity contribution in [2.24, 2.45) is 5.92 Å². The standard InChI is InChI=1S/C17H25ClO2/c1-3-5-7-13(4-2)17(18)14-8-9-15-16(12-14)20-11-6-10-19-15/h8-9,12-13,17H,3-7,10-11H2,1-2H3. The van der Waals surface area contributed by atoms with Crippen molar-refractivity contribution < 1.29 is 9.47 Å². The zero-order valence-corrected chi connectivity index (χ0v) is 13.3. The fourth-order valence-corrected chi connectivity index (χ4v) is 3.09. The Bertz CT molecular complexity index is 419. The summed E-state index contributed by atoms with van der Waals surface area (Å²) in [4.78, 5) is 0. The Hall–Kier alpha value is -0.890. The van der Waals surface area contributed by atoms with Crippen LogP contribution in [0.15, 0.2) is 18.2 Å². The highest BCUT2D eigenvalue weighted by Gasteiger charge is 2.21. The molecule has 0 saturated carbocycles. The summed E-state index contributed by atoms with van der Waals surface area (Å²) in [6.45, 7) is 5.89. The van der Waals surface area contributed by atoms with Crippen molar-refractivity contribution in [2.75, 3.05) is 13.2 Å². The van der Waals surface area contributed by atoms with Crippen molar-refractivity contribution in [1.29, 1.82) is 0 Å². The van der Waals surface area contributed by atoms with Gasteiger partial charge in [-0.3, -0.25) is 0 Å². The minimum Gasteiger partial charge on any atom is -0.490 e. The van der Waals surface area contributed by atoms with Crippen molar-refractivity contribution in [3.05, 3.63) is 23.8 Å². The SMILES string of the molecule is CCCCC(CC)C(Cl)c1ccc2c(c1)OCCCO2. The third-order valence-electron chi connectivity index (χ3n) is 3.96. The molecular formula is C17H25ClO2. The first kappa shape index (κ1) is 15.5. The fourth-order valence-electron chi connectivity index (χ4n) is 2.65. The molecule has 2 atom stereocenters. The average molecular weight is 297 g/mol. The lowest BCUT2D eigenvalue weighted by atomic mass is 9.91. The molecule has 112 valence electrons. The highest BCUT2D eigenvalue weighted by molar-refractivity contribution is 6.21. The molecule has 0 aromatic heterocycles. The first-order chi connectivity index (χ1) is 9.76. The van der Waals surface area contributed by atoms with Gasteiger partial charge < -0.3 is 9.47 Å². The molecule has 0 aliphatic carbocycles. The molecule has 1 aliphatic rings. The second-order valence-corrected chi connectivity index (χ2v) is 5.94. The first-order valence-corrected chi connectivity index (χ1v) is 8.23. The van der Waals surface area contributed by atoms with E-state index in [4.69, 9.17) is 21.1 Å². The first-order valence-electron chi connectivity index (χ1n) is 7.79. The fraction of sp³-hybridized carbons (Fsp3) is 0.647. The molecule has 0 saturated heterocycles. The van der Waals surface area contributed by atoms with Gasteiger partial charge in [-0.25, -0.2) is 0 Å². The van der Waals surface area contributed by atoms with Crippen LogP contribution in [-0.2, 0) is 0 Å². The maximum absolute atomic E-state index is 6.70. The molecule has 0 spiro atoms. The lowest BCUT2D eigenvalue weighted by Gasteiger charge is -2.22. The van der Waals surface area contributed by atoms with Gasteiger partial charge in [-0.2, -0.15) is 0 Å². The Kier molecular flexibility index (Phi) is 6.03. The Morgan fingerprint density at radius 2 is 1.90 bits per heavy atom. The molecule has 1 heterocycles. The Balaban J connectivity index is 2.12. The molecular weight excluding hydrogens is 272 g/mol. The van der Waals surface area contributed by atoms with E-state index in [0.29, 0.717) is 5.92 Å². The summed E-state index contributed by atoms with van der Waals surface area (Å²) in [7, 11) is 0. The predicted octanol–water partition coefficient (Wildman–Crippen LogP) is 5.34. The molecule has 20 heavy (non-hydrogen) atoms. The second-order valence-electron chi connectivity index (χ2n) is 5.47. The van der Waals surface area contributed by atoms with E-state index < -0.39 is 0 Å². The summed E-state index contributed by atoms with van der Waals surface area (Å²) < 4.78 is 11.4. The zero-order chi connectivity index (χ0) is 14.4. The van der Waals surface area contributed by atoms with E-state index in [1.165, 1.54) is 19.3 Å². The summed E-state index contributed by atoms with van der Waals surface area (Å²) in [5.74, 6) is 2.22. The number of hydrogen-bond acceptors (Lipinski definition) is 2. The number of ether oxygens (including phenoxy) is 2. The number of halogens is 1. The molecule has 2 rings (SSSR count). The molecule has 1 aliphatic heterocycles. The third-order valence-corrected chi connectivity index (χ3v) is 4.57. The summed E-state index contributed by atoms with van der Waals surface area (Å²) in [5.41, 5.74) is 1.15. The molecule has 0 radical (unpaired) electrons. The molecule has 0 N–H and O–H groups in total. The van der Waals surface area contributed by atoms with Gasteiger partial charge in [-0.1, -0.05) is 39.2 Å². The lowest BCUT2D eigenvalue weighted by Crippen LogP contribution is -2.07. The lowest BCUT2D eigenvalue weighted by molar-refractivity contribution is 0.297. The molecule has 2 nitrogen and oxygen atoms in total. The van der Waals surface area contributed by atoms with Gasteiger partial charge >= 0.3 is 0 Å². The molecule has 1 aromatic carbocycles. The molecule has 3 heteroatoms. The monoisotopic (exact) mass is 296 g/mol.